The van der Waals surface area contributed by atoms with Crippen LogP contribution in [-0.4, -0.2) is 100 Å². The monoisotopic (exact) mass is 615 g/mol. The fourth-order valence-corrected chi connectivity index (χ4v) is 6.20. The average Bonchev–Trinajstić information content (AvgIpc) is 3.66. The van der Waals surface area contributed by atoms with Crippen LogP contribution in [0.3, 0.4) is 0 Å². The quantitative estimate of drug-likeness (QED) is 0.256. The van der Waals surface area contributed by atoms with E-state index in [4.69, 9.17) is 28.7 Å². The highest BCUT2D eigenvalue weighted by molar-refractivity contribution is 5.95. The van der Waals surface area contributed by atoms with Crippen LogP contribution in [0, 0.1) is 0 Å². The molecule has 1 aromatic heterocycles. The van der Waals surface area contributed by atoms with Gasteiger partial charge in [-0.3, -0.25) is 4.79 Å². The van der Waals surface area contributed by atoms with Crippen LogP contribution in [0.1, 0.15) is 34.7 Å². The number of H-pyrrole nitrogens is 1. The molecule has 4 aromatic rings. The molecule has 0 radical (unpaired) electrons. The lowest BCUT2D eigenvalue weighted by atomic mass is 9.94. The molecular weight excluding hydrogens is 574 g/mol. The topological polar surface area (TPSA) is 102 Å². The number of imidazole rings is 1. The zero-order chi connectivity index (χ0) is 31.3. The van der Waals surface area contributed by atoms with Crippen molar-refractivity contribution in [3.8, 4) is 28.7 Å². The fourth-order valence-electron chi connectivity index (χ4n) is 6.20. The molecule has 1 fully saturated rings. The van der Waals surface area contributed by atoms with Gasteiger partial charge in [-0.15, -0.1) is 0 Å². The van der Waals surface area contributed by atoms with E-state index in [1.54, 1.807) is 38.4 Å². The van der Waals surface area contributed by atoms with E-state index in [2.05, 4.69) is 33.0 Å². The molecule has 11 heteroatoms. The zero-order valence-corrected chi connectivity index (χ0v) is 26.4. The number of carbonyl (C=O) groups is 1. The molecule has 0 saturated carbocycles. The van der Waals surface area contributed by atoms with E-state index in [0.29, 0.717) is 29.4 Å². The molecule has 3 aromatic carbocycles. The van der Waals surface area contributed by atoms with Gasteiger partial charge >= 0.3 is 0 Å². The summed E-state index contributed by atoms with van der Waals surface area (Å²) in [6.07, 6.45) is 1.92. The second-order valence-electron chi connectivity index (χ2n) is 11.5. The first-order chi connectivity index (χ1) is 22.0. The van der Waals surface area contributed by atoms with E-state index < -0.39 is 0 Å². The minimum Gasteiger partial charge on any atom is -0.493 e. The molecule has 1 amide bonds. The molecule has 2 aliphatic rings. The van der Waals surface area contributed by atoms with Crippen molar-refractivity contribution in [2.24, 2.45) is 0 Å². The number of aromatic amines is 1. The largest absolute Gasteiger partial charge is 0.493 e. The van der Waals surface area contributed by atoms with E-state index in [1.807, 2.05) is 31.3 Å². The van der Waals surface area contributed by atoms with Gasteiger partial charge in [-0.25, -0.2) is 4.98 Å². The van der Waals surface area contributed by atoms with Gasteiger partial charge < -0.3 is 43.4 Å². The average molecular weight is 616 g/mol. The predicted molar refractivity (Wildman–Crippen MR) is 172 cm³/mol. The molecule has 0 aliphatic carbocycles. The minimum absolute atomic E-state index is 0.0743. The van der Waals surface area contributed by atoms with Crippen LogP contribution >= 0.6 is 0 Å². The third-order valence-corrected chi connectivity index (χ3v) is 8.68. The summed E-state index contributed by atoms with van der Waals surface area (Å²) in [5, 5.41) is 0. The molecule has 6 rings (SSSR count). The summed E-state index contributed by atoms with van der Waals surface area (Å²) < 4.78 is 27.7. The normalized spacial score (nSPS) is 15.5. The number of rotatable bonds is 11. The van der Waals surface area contributed by atoms with Crippen molar-refractivity contribution >= 4 is 22.9 Å². The third kappa shape index (κ3) is 6.58. The van der Waals surface area contributed by atoms with E-state index >= 15 is 0 Å². The van der Waals surface area contributed by atoms with Crippen LogP contribution in [0.2, 0.25) is 0 Å². The van der Waals surface area contributed by atoms with Gasteiger partial charge in [0.25, 0.3) is 5.91 Å². The van der Waals surface area contributed by atoms with E-state index in [9.17, 15) is 4.79 Å². The van der Waals surface area contributed by atoms with Crippen LogP contribution in [0.5, 0.6) is 28.7 Å². The number of ether oxygens (including phenoxy) is 5. The van der Waals surface area contributed by atoms with Crippen molar-refractivity contribution in [2.75, 3.05) is 79.3 Å². The number of para-hydroxylation sites is 2. The number of hydrogen-bond donors (Lipinski definition) is 1. The number of likely N-dealkylation sites (N-methyl/N-ethyl adjacent to an activating group) is 1. The first-order valence-electron chi connectivity index (χ1n) is 15.3. The Hall–Kier alpha value is -4.64. The Labute approximate surface area is 263 Å². The van der Waals surface area contributed by atoms with Crippen molar-refractivity contribution in [3.63, 3.8) is 0 Å². The lowest BCUT2D eigenvalue weighted by molar-refractivity contribution is 0.0782. The highest BCUT2D eigenvalue weighted by atomic mass is 16.7. The number of anilines is 1. The molecular formula is C34H41N5O6. The number of nitrogens with one attached hydrogen (secondary N) is 1. The summed E-state index contributed by atoms with van der Waals surface area (Å²) in [5.41, 5.74) is 3.63. The Morgan fingerprint density at radius 2 is 1.73 bits per heavy atom. The van der Waals surface area contributed by atoms with Crippen molar-refractivity contribution in [1.29, 1.82) is 0 Å². The Balaban J connectivity index is 1.16. The molecule has 1 atom stereocenters. The first-order valence-corrected chi connectivity index (χ1v) is 15.3. The van der Waals surface area contributed by atoms with Gasteiger partial charge in [0.1, 0.15) is 0 Å². The zero-order valence-electron chi connectivity index (χ0n) is 26.4. The molecule has 2 aliphatic heterocycles. The minimum atomic E-state index is -0.128. The molecule has 238 valence electrons. The van der Waals surface area contributed by atoms with Crippen LogP contribution in [0.4, 0.5) is 5.95 Å². The number of amides is 1. The molecule has 3 heterocycles. The maximum atomic E-state index is 13.7. The highest BCUT2D eigenvalue weighted by Gasteiger charge is 2.25. The first kappa shape index (κ1) is 30.4. The van der Waals surface area contributed by atoms with Crippen LogP contribution in [-0.2, 0) is 0 Å². The number of fused-ring (bicyclic) bond motifs is 2. The van der Waals surface area contributed by atoms with Crippen molar-refractivity contribution in [2.45, 2.75) is 18.8 Å². The summed E-state index contributed by atoms with van der Waals surface area (Å²) in [4.78, 5) is 28.7. The molecule has 1 saturated heterocycles. The van der Waals surface area contributed by atoms with Gasteiger partial charge in [0.05, 0.1) is 32.4 Å². The summed E-state index contributed by atoms with van der Waals surface area (Å²) in [7, 11) is 6.47. The lowest BCUT2D eigenvalue weighted by Gasteiger charge is -2.28. The number of hydrogen-bond acceptors (Lipinski definition) is 9. The second kappa shape index (κ2) is 13.6. The smallest absolute Gasteiger partial charge is 0.253 e. The van der Waals surface area contributed by atoms with Gasteiger partial charge in [-0.2, -0.15) is 0 Å². The van der Waals surface area contributed by atoms with Crippen LogP contribution in [0.25, 0.3) is 11.0 Å². The molecule has 11 nitrogen and oxygen atoms in total. The summed E-state index contributed by atoms with van der Waals surface area (Å²) >= 11 is 0. The number of methoxy groups -OCH3 is 3. The van der Waals surface area contributed by atoms with E-state index in [1.165, 1.54) is 0 Å². The Bertz CT molecular complexity index is 1580. The molecule has 45 heavy (non-hydrogen) atoms. The number of carbonyl (C=O) groups excluding carboxylic acids is 1. The number of nitrogens with zero attached hydrogens (tertiary/aromatic N) is 4. The summed E-state index contributed by atoms with van der Waals surface area (Å²) in [6.45, 7) is 5.43. The highest BCUT2D eigenvalue weighted by Crippen LogP contribution is 2.39. The molecule has 0 bridgehead atoms. The molecule has 1 unspecified atom stereocenters. The van der Waals surface area contributed by atoms with Crippen LogP contribution < -0.4 is 28.6 Å². The van der Waals surface area contributed by atoms with Gasteiger partial charge in [0.2, 0.25) is 18.5 Å². The Morgan fingerprint density at radius 1 is 0.956 bits per heavy atom. The maximum Gasteiger partial charge on any atom is 0.253 e. The van der Waals surface area contributed by atoms with Crippen molar-refractivity contribution in [3.05, 3.63) is 65.7 Å². The predicted octanol–water partition coefficient (Wildman–Crippen LogP) is 4.78. The Morgan fingerprint density at radius 3 is 2.49 bits per heavy atom. The Kier molecular flexibility index (Phi) is 9.16. The van der Waals surface area contributed by atoms with Crippen molar-refractivity contribution in [1.82, 2.24) is 19.8 Å². The van der Waals surface area contributed by atoms with Gasteiger partial charge in [-0.1, -0.05) is 18.2 Å². The third-order valence-electron chi connectivity index (χ3n) is 8.68. The number of aromatic nitrogens is 2. The maximum absolute atomic E-state index is 13.7. The number of benzene rings is 3. The van der Waals surface area contributed by atoms with E-state index in [0.717, 1.165) is 79.6 Å². The molecule has 1 N–H and O–H groups in total. The lowest BCUT2D eigenvalue weighted by Crippen LogP contribution is -2.35. The van der Waals surface area contributed by atoms with E-state index in [-0.39, 0.29) is 18.6 Å². The van der Waals surface area contributed by atoms with Gasteiger partial charge in [-0.05, 0) is 67.9 Å². The SMILES string of the molecule is COc1cc(C(=O)N(C)CC(CCN2CCCN(c3nc4ccccc4[nH]3)CC2)c2ccc3c(c2)OCO3)cc(OC)c1OC. The standard InChI is InChI=1S/C34H41N5O6/c1-37(33(40)25-19-30(41-2)32(43-4)31(20-25)42-3)21-24(23-10-11-28-29(18-23)45-22-44-28)12-15-38-13-7-14-39(17-16-38)34-35-26-8-5-6-9-27(26)36-34/h5-6,8-11,18-20,24H,7,12-17,21-22H2,1-4H3,(H,35,36). The molecule has 0 spiro atoms. The van der Waals surface area contributed by atoms with Crippen molar-refractivity contribution < 1.29 is 28.5 Å². The van der Waals surface area contributed by atoms with Crippen LogP contribution in [0.15, 0.2) is 54.6 Å². The summed E-state index contributed by atoms with van der Waals surface area (Å²) in [6, 6.07) is 17.6. The fraction of sp³-hybridized carbons (Fsp3) is 0.412. The van der Waals surface area contributed by atoms with Gasteiger partial charge in [0.15, 0.2) is 23.0 Å². The van der Waals surface area contributed by atoms with Gasteiger partial charge in [0, 0.05) is 44.7 Å². The second-order valence-corrected chi connectivity index (χ2v) is 11.5. The summed E-state index contributed by atoms with van der Waals surface area (Å²) in [5.74, 6) is 3.71.